The lowest BCUT2D eigenvalue weighted by atomic mass is 10.1. The van der Waals surface area contributed by atoms with Gasteiger partial charge in [0.25, 0.3) is 0 Å². The third-order valence-electron chi connectivity index (χ3n) is 2.77. The molecule has 0 saturated heterocycles. The standard InChI is InChI=1S/C12H8O5S2/c13-18(14)11-7-6-10(9-4-2-1-3-5-9)8-12(11)19(15,16)17-18/h1-8H. The molecule has 0 atom stereocenters. The van der Waals surface area contributed by atoms with E-state index >= 15 is 0 Å². The average Bonchev–Trinajstić information content (AvgIpc) is 2.56. The Balaban J connectivity index is 2.27. The topological polar surface area (TPSA) is 77.5 Å². The minimum absolute atomic E-state index is 0.311. The molecule has 19 heavy (non-hydrogen) atoms. The van der Waals surface area contributed by atoms with E-state index in [0.717, 1.165) is 5.56 Å². The first kappa shape index (κ1) is 12.3. The van der Waals surface area contributed by atoms with Crippen LogP contribution in [0.2, 0.25) is 0 Å². The van der Waals surface area contributed by atoms with Gasteiger partial charge in [0.1, 0.15) is 9.79 Å². The molecule has 0 aromatic heterocycles. The summed E-state index contributed by atoms with van der Waals surface area (Å²) < 4.78 is 50.5. The van der Waals surface area contributed by atoms with Gasteiger partial charge in [-0.2, -0.15) is 16.8 Å². The zero-order valence-corrected chi connectivity index (χ0v) is 11.1. The van der Waals surface area contributed by atoms with E-state index in [-0.39, 0.29) is 9.79 Å². The van der Waals surface area contributed by atoms with Crippen molar-refractivity contribution in [1.82, 2.24) is 0 Å². The van der Waals surface area contributed by atoms with E-state index in [1.165, 1.54) is 12.1 Å². The van der Waals surface area contributed by atoms with Crippen molar-refractivity contribution in [2.45, 2.75) is 9.79 Å². The molecule has 0 bridgehead atoms. The highest BCUT2D eigenvalue weighted by Gasteiger charge is 2.40. The molecule has 1 aliphatic rings. The minimum atomic E-state index is -4.23. The van der Waals surface area contributed by atoms with Crippen LogP contribution in [-0.2, 0) is 23.9 Å². The SMILES string of the molecule is O=S1(=O)OS(=O)(=O)c2cc(-c3ccccc3)ccc21. The number of fused-ring (bicyclic) bond motifs is 1. The lowest BCUT2D eigenvalue weighted by molar-refractivity contribution is 0.475. The van der Waals surface area contributed by atoms with Gasteiger partial charge in [-0.1, -0.05) is 36.4 Å². The van der Waals surface area contributed by atoms with Crippen molar-refractivity contribution in [3.63, 3.8) is 0 Å². The molecule has 2 aromatic rings. The summed E-state index contributed by atoms with van der Waals surface area (Å²) in [6.07, 6.45) is 0. The largest absolute Gasteiger partial charge is 0.313 e. The lowest BCUT2D eigenvalue weighted by Gasteiger charge is -2.02. The Morgan fingerprint density at radius 2 is 1.32 bits per heavy atom. The maximum atomic E-state index is 11.7. The Morgan fingerprint density at radius 3 is 2.00 bits per heavy atom. The molecule has 0 aliphatic carbocycles. The summed E-state index contributed by atoms with van der Waals surface area (Å²) in [6.45, 7) is 0. The highest BCUT2D eigenvalue weighted by molar-refractivity contribution is 8.02. The summed E-state index contributed by atoms with van der Waals surface area (Å²) in [5.74, 6) is 0. The van der Waals surface area contributed by atoms with Crippen molar-refractivity contribution in [1.29, 1.82) is 0 Å². The van der Waals surface area contributed by atoms with Gasteiger partial charge in [0, 0.05) is 0 Å². The Morgan fingerprint density at radius 1 is 0.684 bits per heavy atom. The van der Waals surface area contributed by atoms with Gasteiger partial charge < -0.3 is 0 Å². The van der Waals surface area contributed by atoms with E-state index in [2.05, 4.69) is 3.63 Å². The van der Waals surface area contributed by atoms with E-state index in [9.17, 15) is 16.8 Å². The van der Waals surface area contributed by atoms with Gasteiger partial charge >= 0.3 is 20.2 Å². The predicted octanol–water partition coefficient (Wildman–Crippen LogP) is 1.76. The van der Waals surface area contributed by atoms with Gasteiger partial charge in [-0.25, -0.2) is 0 Å². The Bertz CT molecular complexity index is 852. The molecule has 0 N–H and O–H groups in total. The van der Waals surface area contributed by atoms with Crippen molar-refractivity contribution < 1.29 is 20.5 Å². The summed E-state index contributed by atoms with van der Waals surface area (Å²) in [5.41, 5.74) is 1.41. The smallest absolute Gasteiger partial charge is 0.193 e. The summed E-state index contributed by atoms with van der Waals surface area (Å²) in [5, 5.41) is 0. The van der Waals surface area contributed by atoms with Gasteiger partial charge in [-0.15, -0.1) is 3.63 Å². The molecule has 5 nitrogen and oxygen atoms in total. The van der Waals surface area contributed by atoms with E-state index < -0.39 is 20.2 Å². The predicted molar refractivity (Wildman–Crippen MR) is 67.3 cm³/mol. The molecule has 0 unspecified atom stereocenters. The average molecular weight is 296 g/mol. The third-order valence-corrected chi connectivity index (χ3v) is 6.10. The second-order valence-electron chi connectivity index (χ2n) is 4.00. The van der Waals surface area contributed by atoms with E-state index in [0.29, 0.717) is 5.56 Å². The molecule has 7 heteroatoms. The van der Waals surface area contributed by atoms with Crippen molar-refractivity contribution in [2.75, 3.05) is 0 Å². The molecule has 2 aromatic carbocycles. The highest BCUT2D eigenvalue weighted by Crippen LogP contribution is 2.36. The van der Waals surface area contributed by atoms with Gasteiger partial charge in [0.05, 0.1) is 0 Å². The first-order valence-corrected chi connectivity index (χ1v) is 8.12. The Kier molecular flexibility index (Phi) is 2.53. The molecular weight excluding hydrogens is 288 g/mol. The van der Waals surface area contributed by atoms with Crippen LogP contribution in [0.5, 0.6) is 0 Å². The van der Waals surface area contributed by atoms with Crippen molar-refractivity contribution >= 4 is 20.2 Å². The summed E-state index contributed by atoms with van der Waals surface area (Å²) >= 11 is 0. The van der Waals surface area contributed by atoms with Crippen LogP contribution in [0.1, 0.15) is 0 Å². The number of hydrogen-bond donors (Lipinski definition) is 0. The number of rotatable bonds is 1. The highest BCUT2D eigenvalue weighted by atomic mass is 32.3. The van der Waals surface area contributed by atoms with Crippen LogP contribution in [0, 0.1) is 0 Å². The van der Waals surface area contributed by atoms with Crippen molar-refractivity contribution in [3.05, 3.63) is 48.5 Å². The summed E-state index contributed by atoms with van der Waals surface area (Å²) in [4.78, 5) is -0.624. The summed E-state index contributed by atoms with van der Waals surface area (Å²) in [7, 11) is -8.43. The zero-order valence-electron chi connectivity index (χ0n) is 9.48. The molecule has 0 radical (unpaired) electrons. The molecule has 0 amide bonds. The first-order valence-electron chi connectivity index (χ1n) is 5.31. The second-order valence-corrected chi connectivity index (χ2v) is 7.24. The normalized spacial score (nSPS) is 18.9. The fraction of sp³-hybridized carbons (Fsp3) is 0. The fourth-order valence-electron chi connectivity index (χ4n) is 1.91. The quantitative estimate of drug-likeness (QED) is 0.801. The molecule has 1 heterocycles. The molecule has 98 valence electrons. The van der Waals surface area contributed by atoms with E-state index in [1.54, 1.807) is 18.2 Å². The molecule has 0 spiro atoms. The molecule has 1 aliphatic heterocycles. The molecule has 0 saturated carbocycles. The van der Waals surface area contributed by atoms with Gasteiger partial charge in [-0.3, -0.25) is 0 Å². The molecule has 0 fully saturated rings. The number of benzene rings is 2. The van der Waals surface area contributed by atoms with Crippen LogP contribution < -0.4 is 0 Å². The lowest BCUT2D eigenvalue weighted by Crippen LogP contribution is -2.01. The maximum Gasteiger partial charge on any atom is 0.313 e. The zero-order chi connectivity index (χ0) is 13.7. The fourth-order valence-corrected chi connectivity index (χ4v) is 5.18. The van der Waals surface area contributed by atoms with Crippen LogP contribution in [0.3, 0.4) is 0 Å². The van der Waals surface area contributed by atoms with Gasteiger partial charge in [0.2, 0.25) is 0 Å². The van der Waals surface area contributed by atoms with Crippen LogP contribution in [0.15, 0.2) is 58.3 Å². The van der Waals surface area contributed by atoms with Crippen molar-refractivity contribution in [3.8, 4) is 11.1 Å². The Labute approximate surface area is 110 Å². The van der Waals surface area contributed by atoms with Gasteiger partial charge in [0.15, 0.2) is 0 Å². The van der Waals surface area contributed by atoms with Crippen LogP contribution in [0.25, 0.3) is 11.1 Å². The molecular formula is C12H8O5S2. The van der Waals surface area contributed by atoms with Crippen LogP contribution in [-0.4, -0.2) is 16.8 Å². The molecule has 3 rings (SSSR count). The number of hydrogen-bond acceptors (Lipinski definition) is 5. The third kappa shape index (κ3) is 1.95. The van der Waals surface area contributed by atoms with Crippen LogP contribution >= 0.6 is 0 Å². The van der Waals surface area contributed by atoms with E-state index in [1.807, 2.05) is 18.2 Å². The van der Waals surface area contributed by atoms with Gasteiger partial charge in [-0.05, 0) is 23.3 Å². The minimum Gasteiger partial charge on any atom is -0.193 e. The second kappa shape index (κ2) is 3.89. The van der Waals surface area contributed by atoms with Crippen molar-refractivity contribution in [2.24, 2.45) is 0 Å². The van der Waals surface area contributed by atoms with E-state index in [4.69, 9.17) is 0 Å². The maximum absolute atomic E-state index is 11.7. The summed E-state index contributed by atoms with van der Waals surface area (Å²) in [6, 6.07) is 13.2. The first-order chi connectivity index (χ1) is 8.90. The van der Waals surface area contributed by atoms with Crippen LogP contribution in [0.4, 0.5) is 0 Å². The Hall–Kier alpha value is -1.70. The monoisotopic (exact) mass is 296 g/mol.